The molecule has 0 unspecified atom stereocenters. The largest absolute Gasteiger partial charge is 0.199 e. The second-order valence-corrected chi connectivity index (χ2v) is 3.71. The molecule has 0 heterocycles. The van der Waals surface area contributed by atoms with Crippen molar-refractivity contribution in [2.24, 2.45) is 0 Å². The quantitative estimate of drug-likeness (QED) is 0.690. The minimum absolute atomic E-state index is 0. The smallest absolute Gasteiger partial charge is 0 e. The van der Waals surface area contributed by atoms with Crippen LogP contribution in [0.1, 0.15) is 18.1 Å². The first-order chi connectivity index (χ1) is 7.31. The molecule has 2 rings (SSSR count). The van der Waals surface area contributed by atoms with Crippen LogP contribution in [-0.4, -0.2) is 0 Å². The molecule has 0 saturated heterocycles. The van der Waals surface area contributed by atoms with Crippen LogP contribution in [0.25, 0.3) is 11.1 Å². The van der Waals surface area contributed by atoms with E-state index in [-0.39, 0.29) is 21.1 Å². The van der Waals surface area contributed by atoms with Gasteiger partial charge in [-0.25, -0.2) is 0 Å². The van der Waals surface area contributed by atoms with Crippen LogP contribution in [0.3, 0.4) is 0 Å². The Balaban J connectivity index is 0.00000128. The third kappa shape index (κ3) is 2.77. The molecule has 2 aromatic rings. The topological polar surface area (TPSA) is 0 Å². The number of aryl methyl sites for hydroxylation is 1. The average Bonchev–Trinajstić information content (AvgIpc) is 2.29. The summed E-state index contributed by atoms with van der Waals surface area (Å²) in [6.45, 7) is 6.15. The Morgan fingerprint density at radius 1 is 1.00 bits per heavy atom. The summed E-state index contributed by atoms with van der Waals surface area (Å²) in [5.74, 6) is 0. The molecule has 0 aliphatic carbocycles. The fourth-order valence-electron chi connectivity index (χ4n) is 1.85. The second kappa shape index (κ2) is 5.91. The maximum atomic E-state index is 3.96. The summed E-state index contributed by atoms with van der Waals surface area (Å²) in [4.78, 5) is 0. The van der Waals surface area contributed by atoms with E-state index in [4.69, 9.17) is 0 Å². The summed E-state index contributed by atoms with van der Waals surface area (Å²) in [6, 6.07) is 16.9. The number of hydrogen-bond donors (Lipinski definition) is 0. The first kappa shape index (κ1) is 13.1. The molecule has 82 valence electrons. The molecule has 0 N–H and O–H groups in total. The van der Waals surface area contributed by atoms with Gasteiger partial charge in [-0.05, 0) is 17.5 Å². The second-order valence-electron chi connectivity index (χ2n) is 3.71. The maximum Gasteiger partial charge on any atom is 0 e. The fraction of sp³-hybridized carbons (Fsp3) is 0.133. The van der Waals surface area contributed by atoms with Crippen molar-refractivity contribution in [3.8, 4) is 11.1 Å². The van der Waals surface area contributed by atoms with Gasteiger partial charge in [-0.1, -0.05) is 42.8 Å². The monoisotopic (exact) mass is 379 g/mol. The third-order valence-electron chi connectivity index (χ3n) is 2.64. The van der Waals surface area contributed by atoms with Crippen molar-refractivity contribution in [1.29, 1.82) is 0 Å². The van der Waals surface area contributed by atoms with Gasteiger partial charge in [0.2, 0.25) is 0 Å². The van der Waals surface area contributed by atoms with E-state index in [1.807, 2.05) is 6.07 Å². The minimum Gasteiger partial charge on any atom is -0.199 e. The normalized spacial score (nSPS) is 9.56. The fourth-order valence-corrected chi connectivity index (χ4v) is 1.85. The SMILES string of the molecule is [CH2-]c1cccc(-c2ccccc2CC)c1.[W]. The van der Waals surface area contributed by atoms with Crippen LogP contribution in [0.4, 0.5) is 0 Å². The summed E-state index contributed by atoms with van der Waals surface area (Å²) >= 11 is 0. The predicted octanol–water partition coefficient (Wildman–Crippen LogP) is 4.10. The van der Waals surface area contributed by atoms with Gasteiger partial charge in [-0.15, -0.1) is 6.07 Å². The van der Waals surface area contributed by atoms with Gasteiger partial charge in [-0.2, -0.15) is 24.6 Å². The zero-order valence-electron chi connectivity index (χ0n) is 9.44. The van der Waals surface area contributed by atoms with E-state index in [0.29, 0.717) is 0 Å². The summed E-state index contributed by atoms with van der Waals surface area (Å²) < 4.78 is 0. The molecule has 2 aromatic carbocycles. The average molecular weight is 379 g/mol. The molecule has 0 radical (unpaired) electrons. The van der Waals surface area contributed by atoms with Gasteiger partial charge in [0.1, 0.15) is 0 Å². The first-order valence-electron chi connectivity index (χ1n) is 5.31. The molecule has 0 spiro atoms. The van der Waals surface area contributed by atoms with Gasteiger partial charge in [0.05, 0.1) is 0 Å². The Kier molecular flexibility index (Phi) is 4.83. The third-order valence-corrected chi connectivity index (χ3v) is 2.64. The Bertz CT molecular complexity index is 460. The van der Waals surface area contributed by atoms with Crippen LogP contribution in [0.2, 0.25) is 0 Å². The Morgan fingerprint density at radius 3 is 2.44 bits per heavy atom. The Morgan fingerprint density at radius 2 is 1.75 bits per heavy atom. The van der Waals surface area contributed by atoms with E-state index in [2.05, 4.69) is 56.3 Å². The predicted molar refractivity (Wildman–Crippen MR) is 65.7 cm³/mol. The van der Waals surface area contributed by atoms with E-state index < -0.39 is 0 Å². The summed E-state index contributed by atoms with van der Waals surface area (Å²) in [7, 11) is 0. The van der Waals surface area contributed by atoms with Gasteiger partial charge in [0.25, 0.3) is 0 Å². The van der Waals surface area contributed by atoms with Crippen LogP contribution in [-0.2, 0) is 27.5 Å². The first-order valence-corrected chi connectivity index (χ1v) is 5.31. The molecule has 16 heavy (non-hydrogen) atoms. The van der Waals surface area contributed by atoms with Gasteiger partial charge in [0.15, 0.2) is 0 Å². The van der Waals surface area contributed by atoms with Crippen LogP contribution in [0.15, 0.2) is 48.5 Å². The van der Waals surface area contributed by atoms with Gasteiger partial charge < -0.3 is 0 Å². The van der Waals surface area contributed by atoms with Crippen molar-refractivity contribution in [3.05, 3.63) is 66.6 Å². The number of benzene rings is 2. The molecule has 0 nitrogen and oxygen atoms in total. The van der Waals surface area contributed by atoms with Gasteiger partial charge in [0, 0.05) is 21.1 Å². The molecular formula is C15H15W-. The minimum atomic E-state index is 0. The molecule has 0 aromatic heterocycles. The Hall–Kier alpha value is -1.00. The van der Waals surface area contributed by atoms with E-state index >= 15 is 0 Å². The van der Waals surface area contributed by atoms with Crippen LogP contribution in [0, 0.1) is 6.92 Å². The Labute approximate surface area is 112 Å². The van der Waals surface area contributed by atoms with Crippen LogP contribution >= 0.6 is 0 Å². The molecule has 0 aliphatic heterocycles. The number of rotatable bonds is 2. The molecule has 0 fully saturated rings. The van der Waals surface area contributed by atoms with Gasteiger partial charge in [-0.3, -0.25) is 0 Å². The molecular weight excluding hydrogens is 364 g/mol. The molecule has 0 bridgehead atoms. The van der Waals surface area contributed by atoms with Crippen molar-refractivity contribution in [2.75, 3.05) is 0 Å². The molecule has 1 heteroatoms. The molecule has 0 amide bonds. The van der Waals surface area contributed by atoms with Crippen LogP contribution in [0.5, 0.6) is 0 Å². The van der Waals surface area contributed by atoms with E-state index in [1.54, 1.807) is 0 Å². The zero-order chi connectivity index (χ0) is 10.7. The molecule has 0 aliphatic rings. The van der Waals surface area contributed by atoms with Crippen molar-refractivity contribution in [1.82, 2.24) is 0 Å². The van der Waals surface area contributed by atoms with Crippen molar-refractivity contribution < 1.29 is 21.1 Å². The van der Waals surface area contributed by atoms with Crippen LogP contribution < -0.4 is 0 Å². The van der Waals surface area contributed by atoms with Crippen molar-refractivity contribution >= 4 is 0 Å². The van der Waals surface area contributed by atoms with E-state index in [1.165, 1.54) is 16.7 Å². The van der Waals surface area contributed by atoms with Crippen molar-refractivity contribution in [3.63, 3.8) is 0 Å². The molecule has 0 saturated carbocycles. The summed E-state index contributed by atoms with van der Waals surface area (Å²) in [5, 5.41) is 0. The van der Waals surface area contributed by atoms with Crippen molar-refractivity contribution in [2.45, 2.75) is 13.3 Å². The standard InChI is InChI=1S/C15H15.W/c1-3-13-8-4-5-10-15(13)14-9-6-7-12(2)11-14;/h4-11H,2-3H2,1H3;/q-1;. The van der Waals surface area contributed by atoms with E-state index in [9.17, 15) is 0 Å². The number of hydrogen-bond acceptors (Lipinski definition) is 0. The molecule has 0 atom stereocenters. The zero-order valence-corrected chi connectivity index (χ0v) is 12.4. The maximum absolute atomic E-state index is 3.96. The van der Waals surface area contributed by atoms with E-state index in [0.717, 1.165) is 12.0 Å². The summed E-state index contributed by atoms with van der Waals surface area (Å²) in [5.41, 5.74) is 5.05. The summed E-state index contributed by atoms with van der Waals surface area (Å²) in [6.07, 6.45) is 1.07. The van der Waals surface area contributed by atoms with Gasteiger partial charge >= 0.3 is 0 Å².